The highest BCUT2D eigenvalue weighted by Gasteiger charge is 2.11. The third-order valence-electron chi connectivity index (χ3n) is 3.02. The van der Waals surface area contributed by atoms with Crippen LogP contribution in [0.5, 0.6) is 0 Å². The summed E-state index contributed by atoms with van der Waals surface area (Å²) in [4.78, 5) is 14.7. The lowest BCUT2D eigenvalue weighted by molar-refractivity contribution is -0.384. The molecule has 0 spiro atoms. The third-order valence-corrected chi connectivity index (χ3v) is 3.02. The Morgan fingerprint density at radius 3 is 2.96 bits per heavy atom. The van der Waals surface area contributed by atoms with Crippen LogP contribution in [0, 0.1) is 21.4 Å². The van der Waals surface area contributed by atoms with Crippen molar-refractivity contribution in [2.24, 2.45) is 0 Å². The first kappa shape index (κ1) is 16.4. The molecule has 0 bridgehead atoms. The number of hydrogen-bond donors (Lipinski definition) is 1. The Hall–Kier alpha value is -2.98. The van der Waals surface area contributed by atoms with Crippen LogP contribution in [-0.2, 0) is 4.74 Å². The van der Waals surface area contributed by atoms with Gasteiger partial charge in [-0.2, -0.15) is 5.26 Å². The zero-order chi connectivity index (χ0) is 16.8. The number of rotatable bonds is 7. The maximum absolute atomic E-state index is 10.8. The molecule has 0 fully saturated rings. The molecule has 7 nitrogen and oxygen atoms in total. The minimum absolute atomic E-state index is 0.0651. The summed E-state index contributed by atoms with van der Waals surface area (Å²) in [6.07, 6.45) is 0. The highest BCUT2D eigenvalue weighted by Crippen LogP contribution is 2.24. The first-order chi connectivity index (χ1) is 11.0. The second-order valence-electron chi connectivity index (χ2n) is 5.06. The van der Waals surface area contributed by atoms with Crippen LogP contribution in [0.25, 0.3) is 10.9 Å². The molecule has 1 heterocycles. The zero-order valence-electron chi connectivity index (χ0n) is 12.7. The number of hydrogen-bond acceptors (Lipinski definition) is 6. The highest BCUT2D eigenvalue weighted by atomic mass is 16.6. The van der Waals surface area contributed by atoms with Crippen molar-refractivity contribution in [2.45, 2.75) is 6.92 Å². The molecule has 0 aliphatic heterocycles. The van der Waals surface area contributed by atoms with Gasteiger partial charge in [0.05, 0.1) is 35.3 Å². The lowest BCUT2D eigenvalue weighted by Crippen LogP contribution is -2.11. The summed E-state index contributed by atoms with van der Waals surface area (Å²) < 4.78 is 5.37. The van der Waals surface area contributed by atoms with Crippen LogP contribution in [0.3, 0.4) is 0 Å². The summed E-state index contributed by atoms with van der Waals surface area (Å²) in [7, 11) is 0. The van der Waals surface area contributed by atoms with Crippen molar-refractivity contribution < 1.29 is 9.66 Å². The summed E-state index contributed by atoms with van der Waals surface area (Å²) in [6.45, 7) is 7.14. The Balaban J connectivity index is 2.17. The van der Waals surface area contributed by atoms with Crippen LogP contribution < -0.4 is 5.32 Å². The fourth-order valence-electron chi connectivity index (χ4n) is 2.01. The van der Waals surface area contributed by atoms with Crippen molar-refractivity contribution in [1.82, 2.24) is 4.98 Å². The molecule has 7 heteroatoms. The average molecular weight is 312 g/mol. The minimum Gasteiger partial charge on any atom is -0.375 e. The SMILES string of the molecule is C=C(C)COCCNc1cc(C#N)c2cc([N+](=O)[O-])ccc2n1. The number of non-ortho nitro benzene ring substituents is 1. The average Bonchev–Trinajstić information content (AvgIpc) is 2.52. The summed E-state index contributed by atoms with van der Waals surface area (Å²) in [5.41, 5.74) is 1.75. The monoisotopic (exact) mass is 312 g/mol. The van der Waals surface area contributed by atoms with E-state index in [9.17, 15) is 15.4 Å². The van der Waals surface area contributed by atoms with Gasteiger partial charge >= 0.3 is 0 Å². The number of nitro groups is 1. The molecule has 0 atom stereocenters. The van der Waals surface area contributed by atoms with E-state index in [1.165, 1.54) is 18.2 Å². The molecule has 0 aliphatic carbocycles. The van der Waals surface area contributed by atoms with E-state index in [0.717, 1.165) is 5.57 Å². The van der Waals surface area contributed by atoms with E-state index in [-0.39, 0.29) is 5.69 Å². The molecule has 0 saturated carbocycles. The zero-order valence-corrected chi connectivity index (χ0v) is 12.7. The summed E-state index contributed by atoms with van der Waals surface area (Å²) in [5.74, 6) is 0.529. The highest BCUT2D eigenvalue weighted by molar-refractivity contribution is 5.88. The molecule has 0 unspecified atom stereocenters. The van der Waals surface area contributed by atoms with E-state index >= 15 is 0 Å². The lowest BCUT2D eigenvalue weighted by Gasteiger charge is -2.08. The van der Waals surface area contributed by atoms with Crippen molar-refractivity contribution >= 4 is 22.4 Å². The van der Waals surface area contributed by atoms with Gasteiger partial charge in [0.2, 0.25) is 0 Å². The van der Waals surface area contributed by atoms with Gasteiger partial charge in [-0.25, -0.2) is 4.98 Å². The lowest BCUT2D eigenvalue weighted by atomic mass is 10.1. The second-order valence-corrected chi connectivity index (χ2v) is 5.06. The number of benzene rings is 1. The number of ether oxygens (including phenoxy) is 1. The van der Waals surface area contributed by atoms with E-state index in [1.807, 2.05) is 13.0 Å². The van der Waals surface area contributed by atoms with Crippen LogP contribution in [0.4, 0.5) is 11.5 Å². The Kier molecular flexibility index (Phi) is 5.23. The van der Waals surface area contributed by atoms with Crippen molar-refractivity contribution in [2.75, 3.05) is 25.1 Å². The fourth-order valence-corrected chi connectivity index (χ4v) is 2.01. The largest absolute Gasteiger partial charge is 0.375 e. The topological polar surface area (TPSA) is 101 Å². The van der Waals surface area contributed by atoms with Crippen molar-refractivity contribution in [3.05, 3.63) is 52.1 Å². The van der Waals surface area contributed by atoms with Crippen LogP contribution in [0.1, 0.15) is 12.5 Å². The van der Waals surface area contributed by atoms with Crippen molar-refractivity contribution in [1.29, 1.82) is 5.26 Å². The van der Waals surface area contributed by atoms with Crippen LogP contribution in [0.15, 0.2) is 36.4 Å². The van der Waals surface area contributed by atoms with E-state index in [1.54, 1.807) is 6.07 Å². The molecule has 1 aromatic heterocycles. The summed E-state index contributed by atoms with van der Waals surface area (Å²) >= 11 is 0. The number of nitrogens with zero attached hydrogens (tertiary/aromatic N) is 3. The first-order valence-corrected chi connectivity index (χ1v) is 6.96. The molecule has 2 aromatic rings. The molecule has 0 aliphatic rings. The number of nitrogens with one attached hydrogen (secondary N) is 1. The number of fused-ring (bicyclic) bond motifs is 1. The Morgan fingerprint density at radius 2 is 2.30 bits per heavy atom. The van der Waals surface area contributed by atoms with Gasteiger partial charge in [-0.1, -0.05) is 12.2 Å². The summed E-state index contributed by atoms with van der Waals surface area (Å²) in [6, 6.07) is 7.89. The first-order valence-electron chi connectivity index (χ1n) is 6.96. The maximum atomic E-state index is 10.8. The van der Waals surface area contributed by atoms with Crippen molar-refractivity contribution in [3.8, 4) is 6.07 Å². The number of aromatic nitrogens is 1. The van der Waals surface area contributed by atoms with E-state index in [0.29, 0.717) is 42.0 Å². The van der Waals surface area contributed by atoms with E-state index in [4.69, 9.17) is 4.74 Å². The molecule has 0 radical (unpaired) electrons. The molecular formula is C16H16N4O3. The molecule has 0 amide bonds. The Labute approximate surface area is 133 Å². The molecule has 118 valence electrons. The van der Waals surface area contributed by atoms with Gasteiger partial charge in [0, 0.05) is 24.1 Å². The number of nitro benzene ring substituents is 1. The number of pyridine rings is 1. The molecule has 1 aromatic carbocycles. The number of nitriles is 1. The minimum atomic E-state index is -0.494. The molecular weight excluding hydrogens is 296 g/mol. The maximum Gasteiger partial charge on any atom is 0.270 e. The van der Waals surface area contributed by atoms with Gasteiger partial charge in [-0.3, -0.25) is 10.1 Å². The predicted molar refractivity (Wildman–Crippen MR) is 87.2 cm³/mol. The predicted octanol–water partition coefficient (Wildman–Crippen LogP) is 3.02. The molecule has 2 rings (SSSR count). The van der Waals surface area contributed by atoms with Crippen molar-refractivity contribution in [3.63, 3.8) is 0 Å². The van der Waals surface area contributed by atoms with Gasteiger partial charge in [-0.15, -0.1) is 0 Å². The summed E-state index contributed by atoms with van der Waals surface area (Å²) in [5, 5.41) is 23.6. The standard InChI is InChI=1S/C16H16N4O3/c1-11(2)10-23-6-5-18-16-7-12(9-17)14-8-13(20(21)22)3-4-15(14)19-16/h3-4,7-8H,1,5-6,10H2,2H3,(H,18,19). The van der Waals surface area contributed by atoms with Gasteiger partial charge in [0.15, 0.2) is 0 Å². The Morgan fingerprint density at radius 1 is 1.52 bits per heavy atom. The fraction of sp³-hybridized carbons (Fsp3) is 0.250. The number of anilines is 1. The van der Waals surface area contributed by atoms with Gasteiger partial charge in [0.25, 0.3) is 5.69 Å². The smallest absolute Gasteiger partial charge is 0.270 e. The Bertz CT molecular complexity index is 796. The van der Waals surface area contributed by atoms with Gasteiger partial charge in [-0.05, 0) is 19.1 Å². The quantitative estimate of drug-likeness (QED) is 0.365. The van der Waals surface area contributed by atoms with E-state index in [2.05, 4.69) is 16.9 Å². The molecule has 1 N–H and O–H groups in total. The normalized spacial score (nSPS) is 10.3. The second kappa shape index (κ2) is 7.33. The van der Waals surface area contributed by atoms with Gasteiger partial charge < -0.3 is 10.1 Å². The van der Waals surface area contributed by atoms with Crippen LogP contribution in [-0.4, -0.2) is 29.7 Å². The van der Waals surface area contributed by atoms with Crippen LogP contribution in [0.2, 0.25) is 0 Å². The third kappa shape index (κ3) is 4.25. The molecule has 0 saturated heterocycles. The van der Waals surface area contributed by atoms with Gasteiger partial charge in [0.1, 0.15) is 5.82 Å². The van der Waals surface area contributed by atoms with Crippen LogP contribution >= 0.6 is 0 Å². The molecule has 23 heavy (non-hydrogen) atoms. The van der Waals surface area contributed by atoms with E-state index < -0.39 is 4.92 Å².